The Balaban J connectivity index is 2.10. The second-order valence-electron chi connectivity index (χ2n) is 6.10. The van der Waals surface area contributed by atoms with Crippen molar-refractivity contribution in [1.29, 1.82) is 0 Å². The summed E-state index contributed by atoms with van der Waals surface area (Å²) in [6.07, 6.45) is 3.02. The first-order chi connectivity index (χ1) is 12.7. The summed E-state index contributed by atoms with van der Waals surface area (Å²) in [5.74, 6) is -0.743. The first-order valence-electron chi connectivity index (χ1n) is 8.14. The maximum absolute atomic E-state index is 13.2. The SMILES string of the molecule is CCn1cc([C@H]2CS(=O)(=O)CCN2S(=O)(=O)c2ccccc2[N+](=O)[O-])cn1. The van der Waals surface area contributed by atoms with Crippen molar-refractivity contribution >= 4 is 25.5 Å². The Hall–Kier alpha value is -2.31. The van der Waals surface area contributed by atoms with Gasteiger partial charge in [-0.1, -0.05) is 12.1 Å². The predicted octanol–water partition coefficient (Wildman–Crippen LogP) is 0.972. The second-order valence-corrected chi connectivity index (χ2v) is 10.2. The first kappa shape index (κ1) is 19.5. The van der Waals surface area contributed by atoms with Gasteiger partial charge in [0, 0.05) is 30.9 Å². The number of hydrogen-bond donors (Lipinski definition) is 0. The summed E-state index contributed by atoms with van der Waals surface area (Å²) in [5, 5.41) is 15.3. The van der Waals surface area contributed by atoms with Crippen molar-refractivity contribution in [3.63, 3.8) is 0 Å². The molecule has 0 N–H and O–H groups in total. The number of benzene rings is 1. The van der Waals surface area contributed by atoms with Crippen molar-refractivity contribution in [3.8, 4) is 0 Å². The van der Waals surface area contributed by atoms with Gasteiger partial charge in [-0.15, -0.1) is 0 Å². The predicted molar refractivity (Wildman–Crippen MR) is 96.3 cm³/mol. The van der Waals surface area contributed by atoms with E-state index in [4.69, 9.17) is 0 Å². The summed E-state index contributed by atoms with van der Waals surface area (Å²) >= 11 is 0. The molecule has 0 radical (unpaired) electrons. The van der Waals surface area contributed by atoms with Gasteiger partial charge in [0.05, 0.1) is 28.7 Å². The molecule has 0 aliphatic carbocycles. The molecule has 1 atom stereocenters. The third-order valence-corrected chi connectivity index (χ3v) is 7.98. The van der Waals surface area contributed by atoms with Crippen LogP contribution in [-0.2, 0) is 26.4 Å². The van der Waals surface area contributed by atoms with Gasteiger partial charge < -0.3 is 0 Å². The fourth-order valence-electron chi connectivity index (χ4n) is 3.02. The molecule has 27 heavy (non-hydrogen) atoms. The highest BCUT2D eigenvalue weighted by Crippen LogP contribution is 2.35. The highest BCUT2D eigenvalue weighted by Gasteiger charge is 2.42. The van der Waals surface area contributed by atoms with Gasteiger partial charge in [0.25, 0.3) is 15.7 Å². The molecule has 0 bridgehead atoms. The molecule has 1 aromatic heterocycles. The summed E-state index contributed by atoms with van der Waals surface area (Å²) in [6.45, 7) is 2.10. The summed E-state index contributed by atoms with van der Waals surface area (Å²) in [4.78, 5) is 10.0. The van der Waals surface area contributed by atoms with Crippen molar-refractivity contribution in [2.45, 2.75) is 24.4 Å². The number of rotatable bonds is 5. The average Bonchev–Trinajstić information content (AvgIpc) is 3.10. The van der Waals surface area contributed by atoms with E-state index in [0.717, 1.165) is 16.4 Å². The summed E-state index contributed by atoms with van der Waals surface area (Å²) in [6, 6.07) is 4.04. The number of nitrogens with zero attached hydrogens (tertiary/aromatic N) is 4. The summed E-state index contributed by atoms with van der Waals surface area (Å²) in [7, 11) is -7.75. The Morgan fingerprint density at radius 2 is 2.04 bits per heavy atom. The van der Waals surface area contributed by atoms with Crippen molar-refractivity contribution in [2.75, 3.05) is 18.1 Å². The minimum Gasteiger partial charge on any atom is -0.273 e. The van der Waals surface area contributed by atoms with Crippen molar-refractivity contribution in [3.05, 3.63) is 52.3 Å². The lowest BCUT2D eigenvalue weighted by atomic mass is 10.2. The summed E-state index contributed by atoms with van der Waals surface area (Å²) in [5.41, 5.74) is -0.115. The number of para-hydroxylation sites is 1. The zero-order valence-electron chi connectivity index (χ0n) is 14.4. The van der Waals surface area contributed by atoms with Crippen molar-refractivity contribution in [1.82, 2.24) is 14.1 Å². The van der Waals surface area contributed by atoms with Crippen LogP contribution in [0.2, 0.25) is 0 Å². The topological polar surface area (TPSA) is 132 Å². The third kappa shape index (κ3) is 3.73. The number of nitro benzene ring substituents is 1. The first-order valence-corrected chi connectivity index (χ1v) is 11.4. The van der Waals surface area contributed by atoms with E-state index in [0.29, 0.717) is 12.1 Å². The zero-order chi connectivity index (χ0) is 19.8. The monoisotopic (exact) mass is 414 g/mol. The van der Waals surface area contributed by atoms with E-state index >= 15 is 0 Å². The molecule has 0 saturated carbocycles. The van der Waals surface area contributed by atoms with Gasteiger partial charge in [-0.05, 0) is 13.0 Å². The molecule has 1 aliphatic rings. The van der Waals surface area contributed by atoms with Gasteiger partial charge in [-0.25, -0.2) is 16.8 Å². The van der Waals surface area contributed by atoms with Crippen LogP contribution in [0.4, 0.5) is 5.69 Å². The molecule has 3 rings (SSSR count). The van der Waals surface area contributed by atoms with E-state index < -0.39 is 47.2 Å². The maximum atomic E-state index is 13.2. The number of aromatic nitrogens is 2. The summed E-state index contributed by atoms with van der Waals surface area (Å²) < 4.78 is 53.2. The Bertz CT molecular complexity index is 1080. The largest absolute Gasteiger partial charge is 0.289 e. The lowest BCUT2D eigenvalue weighted by Gasteiger charge is -2.33. The van der Waals surface area contributed by atoms with Crippen LogP contribution >= 0.6 is 0 Å². The van der Waals surface area contributed by atoms with Gasteiger partial charge in [-0.2, -0.15) is 9.40 Å². The van der Waals surface area contributed by atoms with E-state index in [2.05, 4.69) is 5.10 Å². The Kier molecular flexibility index (Phi) is 5.06. The standard InChI is InChI=1S/C15H18N4O6S2/c1-2-17-10-12(9-16-17)14-11-26(22,23)8-7-18(14)27(24,25)15-6-4-3-5-13(15)19(20)21/h3-6,9-10,14H,2,7-8,11H2,1H3/t14-/m1/s1. The quantitative estimate of drug-likeness (QED) is 0.526. The highest BCUT2D eigenvalue weighted by atomic mass is 32.2. The van der Waals surface area contributed by atoms with Crippen LogP contribution < -0.4 is 0 Å². The smallest absolute Gasteiger partial charge is 0.273 e. The van der Waals surface area contributed by atoms with Gasteiger partial charge in [0.1, 0.15) is 0 Å². The van der Waals surface area contributed by atoms with Crippen molar-refractivity contribution < 1.29 is 21.8 Å². The molecule has 10 nitrogen and oxygen atoms in total. The third-order valence-electron chi connectivity index (χ3n) is 4.39. The van der Waals surface area contributed by atoms with Crippen molar-refractivity contribution in [2.24, 2.45) is 0 Å². The fourth-order valence-corrected chi connectivity index (χ4v) is 6.50. The molecule has 146 valence electrons. The molecule has 0 spiro atoms. The maximum Gasteiger partial charge on any atom is 0.289 e. The van der Waals surface area contributed by atoms with Crippen LogP contribution in [0.5, 0.6) is 0 Å². The minimum atomic E-state index is -4.29. The number of aryl methyl sites for hydroxylation is 1. The van der Waals surface area contributed by atoms with Crippen LogP contribution in [-0.4, -0.2) is 53.9 Å². The van der Waals surface area contributed by atoms with Gasteiger partial charge >= 0.3 is 0 Å². The molecule has 1 saturated heterocycles. The van der Waals surface area contributed by atoms with Crippen LogP contribution in [0.3, 0.4) is 0 Å². The van der Waals surface area contributed by atoms with Crippen LogP contribution in [0, 0.1) is 10.1 Å². The Morgan fingerprint density at radius 3 is 2.67 bits per heavy atom. The Morgan fingerprint density at radius 1 is 1.33 bits per heavy atom. The lowest BCUT2D eigenvalue weighted by Crippen LogP contribution is -2.46. The van der Waals surface area contributed by atoms with E-state index in [1.807, 2.05) is 6.92 Å². The molecule has 12 heteroatoms. The normalized spacial score (nSPS) is 20.4. The minimum absolute atomic E-state index is 0.279. The Labute approximate surface area is 156 Å². The molecular weight excluding hydrogens is 396 g/mol. The highest BCUT2D eigenvalue weighted by molar-refractivity contribution is 7.92. The number of sulfonamides is 1. The van der Waals surface area contributed by atoms with E-state index in [1.165, 1.54) is 18.3 Å². The zero-order valence-corrected chi connectivity index (χ0v) is 16.1. The van der Waals surface area contributed by atoms with E-state index in [-0.39, 0.29) is 12.3 Å². The number of sulfone groups is 1. The molecule has 0 unspecified atom stereocenters. The van der Waals surface area contributed by atoms with E-state index in [9.17, 15) is 26.9 Å². The van der Waals surface area contributed by atoms with Crippen LogP contribution in [0.25, 0.3) is 0 Å². The fraction of sp³-hybridized carbons (Fsp3) is 0.400. The average molecular weight is 414 g/mol. The van der Waals surface area contributed by atoms with Crippen LogP contribution in [0.1, 0.15) is 18.5 Å². The molecule has 0 amide bonds. The molecule has 2 heterocycles. The van der Waals surface area contributed by atoms with Gasteiger partial charge in [0.15, 0.2) is 14.7 Å². The number of hydrogen-bond acceptors (Lipinski definition) is 7. The number of nitro groups is 1. The molecule has 1 aliphatic heterocycles. The van der Waals surface area contributed by atoms with E-state index in [1.54, 1.807) is 10.9 Å². The lowest BCUT2D eigenvalue weighted by molar-refractivity contribution is -0.387. The molecule has 1 aromatic carbocycles. The van der Waals surface area contributed by atoms with Gasteiger partial charge in [0.2, 0.25) is 0 Å². The molecule has 2 aromatic rings. The van der Waals surface area contributed by atoms with Crippen LogP contribution in [0.15, 0.2) is 41.6 Å². The molecule has 1 fully saturated rings. The molecular formula is C15H18N4O6S2. The second kappa shape index (κ2) is 7.02. The van der Waals surface area contributed by atoms with Gasteiger partial charge in [-0.3, -0.25) is 14.8 Å².